The van der Waals surface area contributed by atoms with Gasteiger partial charge in [0.25, 0.3) is 0 Å². The lowest BCUT2D eigenvalue weighted by atomic mass is 9.50. The molecule has 21 heavy (non-hydrogen) atoms. The van der Waals surface area contributed by atoms with Crippen LogP contribution in [0.15, 0.2) is 0 Å². The number of cyclic esters (lactones) is 1. The van der Waals surface area contributed by atoms with Crippen LogP contribution in [0.2, 0.25) is 5.21 Å². The molecule has 2 rings (SSSR count). The molecule has 5 atom stereocenters. The molecule has 5 unspecified atom stereocenters. The smallest absolute Gasteiger partial charge is 0.323 e. The molecule has 4 radical (unpaired) electrons. The highest BCUT2D eigenvalue weighted by Gasteiger charge is 2.57. The van der Waals surface area contributed by atoms with Crippen LogP contribution in [0.3, 0.4) is 0 Å². The first-order valence-electron chi connectivity index (χ1n) is 7.08. The second kappa shape index (κ2) is 5.17. The Morgan fingerprint density at radius 2 is 2.05 bits per heavy atom. The van der Waals surface area contributed by atoms with Gasteiger partial charge in [0.05, 0.1) is 21.1 Å². The van der Waals surface area contributed by atoms with E-state index >= 15 is 0 Å². The minimum atomic E-state index is -1.24. The van der Waals surface area contributed by atoms with Gasteiger partial charge in [-0.1, -0.05) is 41.7 Å². The summed E-state index contributed by atoms with van der Waals surface area (Å²) in [5.41, 5.74) is -0.461. The molecule has 0 aromatic heterocycles. The third kappa shape index (κ3) is 2.75. The molecule has 0 amide bonds. The number of esters is 2. The Labute approximate surface area is 142 Å². The van der Waals surface area contributed by atoms with Gasteiger partial charge >= 0.3 is 11.9 Å². The molecular formula is C14H19B2IO4. The standard InChI is InChI=1S/C14H19B2IO4/c1-7-5-8-6-12(7,2)10(18)20-9(8)21-11(19)13(3,17)14(4,15)16/h7-9H,5-6H2,1-4H3. The van der Waals surface area contributed by atoms with Crippen molar-refractivity contribution in [3.63, 3.8) is 0 Å². The number of carbonyl (C=O) groups excluding carboxylic acids is 2. The van der Waals surface area contributed by atoms with Gasteiger partial charge in [-0.2, -0.15) is 0 Å². The Balaban J connectivity index is 2.12. The highest BCUT2D eigenvalue weighted by Crippen LogP contribution is 2.53. The molecule has 0 spiro atoms. The number of hydrogen-bond acceptors (Lipinski definition) is 4. The van der Waals surface area contributed by atoms with Gasteiger partial charge in [-0.05, 0) is 32.6 Å². The molecular weight excluding hydrogens is 381 g/mol. The summed E-state index contributed by atoms with van der Waals surface area (Å²) >= 11 is 1.88. The van der Waals surface area contributed by atoms with Crippen LogP contribution >= 0.6 is 22.6 Å². The van der Waals surface area contributed by atoms with Gasteiger partial charge in [-0.25, -0.2) is 0 Å². The molecule has 7 heteroatoms. The molecule has 2 bridgehead atoms. The molecule has 1 aliphatic carbocycles. The van der Waals surface area contributed by atoms with Crippen LogP contribution < -0.4 is 0 Å². The maximum Gasteiger partial charge on any atom is 0.323 e. The van der Waals surface area contributed by atoms with Gasteiger partial charge in [0.15, 0.2) is 0 Å². The summed E-state index contributed by atoms with van der Waals surface area (Å²) in [4.78, 5) is 24.5. The fourth-order valence-corrected chi connectivity index (χ4v) is 3.06. The van der Waals surface area contributed by atoms with E-state index in [0.29, 0.717) is 6.42 Å². The molecule has 1 aliphatic heterocycles. The number of alkyl halides is 1. The van der Waals surface area contributed by atoms with Crippen molar-refractivity contribution in [3.05, 3.63) is 0 Å². The van der Waals surface area contributed by atoms with Crippen LogP contribution in [0.5, 0.6) is 0 Å². The average molecular weight is 400 g/mol. The van der Waals surface area contributed by atoms with E-state index in [4.69, 9.17) is 25.2 Å². The zero-order valence-corrected chi connectivity index (χ0v) is 15.0. The first kappa shape index (κ1) is 17.2. The number of rotatable bonds is 3. The number of halogens is 1. The fraction of sp³-hybridized carbons (Fsp3) is 0.857. The highest BCUT2D eigenvalue weighted by atomic mass is 127. The van der Waals surface area contributed by atoms with E-state index in [2.05, 4.69) is 0 Å². The zero-order chi connectivity index (χ0) is 16.2. The Hall–Kier alpha value is -0.200. The third-order valence-electron chi connectivity index (χ3n) is 5.12. The summed E-state index contributed by atoms with van der Waals surface area (Å²) in [6.07, 6.45) is 0.658. The van der Waals surface area contributed by atoms with Crippen LogP contribution in [0.1, 0.15) is 40.5 Å². The molecule has 4 nitrogen and oxygen atoms in total. The van der Waals surface area contributed by atoms with Crippen LogP contribution in [-0.2, 0) is 19.1 Å². The van der Waals surface area contributed by atoms with Crippen molar-refractivity contribution in [2.75, 3.05) is 0 Å². The van der Waals surface area contributed by atoms with E-state index in [0.717, 1.165) is 6.42 Å². The van der Waals surface area contributed by atoms with Crippen molar-refractivity contribution in [2.24, 2.45) is 17.3 Å². The Kier molecular flexibility index (Phi) is 4.22. The molecule has 0 aromatic carbocycles. The summed E-state index contributed by atoms with van der Waals surface area (Å²) in [6, 6.07) is 0. The van der Waals surface area contributed by atoms with Gasteiger partial charge in [-0.3, -0.25) is 9.59 Å². The van der Waals surface area contributed by atoms with Gasteiger partial charge in [0.2, 0.25) is 6.29 Å². The van der Waals surface area contributed by atoms with Crippen molar-refractivity contribution >= 4 is 50.2 Å². The maximum absolute atomic E-state index is 12.3. The molecule has 2 aliphatic rings. The maximum atomic E-state index is 12.3. The lowest BCUT2D eigenvalue weighted by Crippen LogP contribution is -2.47. The molecule has 1 saturated heterocycles. The van der Waals surface area contributed by atoms with E-state index in [1.54, 1.807) is 13.8 Å². The lowest BCUT2D eigenvalue weighted by Gasteiger charge is -2.39. The van der Waals surface area contributed by atoms with Gasteiger partial charge in [-0.15, -0.1) is 0 Å². The first-order chi connectivity index (χ1) is 9.39. The monoisotopic (exact) mass is 400 g/mol. The Morgan fingerprint density at radius 3 is 2.57 bits per heavy atom. The predicted molar refractivity (Wildman–Crippen MR) is 88.3 cm³/mol. The van der Waals surface area contributed by atoms with Crippen LogP contribution in [0.25, 0.3) is 0 Å². The van der Waals surface area contributed by atoms with Crippen LogP contribution in [0.4, 0.5) is 0 Å². The SMILES string of the molecule is [B]C([B])(C)C(C)(I)C(=O)OC1OC(=O)C2(C)CC1CC2C. The van der Waals surface area contributed by atoms with Gasteiger partial charge < -0.3 is 9.47 Å². The number of hydrogen-bond donors (Lipinski definition) is 0. The van der Waals surface area contributed by atoms with E-state index in [9.17, 15) is 9.59 Å². The van der Waals surface area contributed by atoms with E-state index in [1.807, 2.05) is 36.4 Å². The zero-order valence-electron chi connectivity index (χ0n) is 12.8. The number of fused-ring (bicyclic) bond motifs is 2. The van der Waals surface area contributed by atoms with Crippen molar-refractivity contribution < 1.29 is 19.1 Å². The largest absolute Gasteiger partial charge is 0.424 e. The normalized spacial score (nSPS) is 38.5. The van der Waals surface area contributed by atoms with Crippen molar-refractivity contribution in [2.45, 2.75) is 55.5 Å². The lowest BCUT2D eigenvalue weighted by molar-refractivity contribution is -0.214. The van der Waals surface area contributed by atoms with Crippen LogP contribution in [0, 0.1) is 17.3 Å². The summed E-state index contributed by atoms with van der Waals surface area (Å²) in [6.45, 7) is 7.12. The summed E-state index contributed by atoms with van der Waals surface area (Å²) in [5.74, 6) is -0.587. The molecule has 112 valence electrons. The van der Waals surface area contributed by atoms with Crippen molar-refractivity contribution in [1.29, 1.82) is 0 Å². The van der Waals surface area contributed by atoms with Gasteiger partial charge in [0.1, 0.15) is 3.42 Å². The molecule has 1 saturated carbocycles. The minimum Gasteiger partial charge on any atom is -0.424 e. The third-order valence-corrected chi connectivity index (χ3v) is 6.73. The second-order valence-corrected chi connectivity index (χ2v) is 9.14. The molecule has 0 N–H and O–H groups in total. The topological polar surface area (TPSA) is 52.6 Å². The Bertz CT molecular complexity index is 474. The minimum absolute atomic E-state index is 0.0423. The van der Waals surface area contributed by atoms with E-state index < -0.39 is 26.3 Å². The summed E-state index contributed by atoms with van der Waals surface area (Å²) in [7, 11) is 11.7. The highest BCUT2D eigenvalue weighted by molar-refractivity contribution is 14.1. The predicted octanol–water partition coefficient (Wildman–Crippen LogP) is 2.13. The number of ether oxygens (including phenoxy) is 2. The average Bonchev–Trinajstić information content (AvgIpc) is 2.60. The summed E-state index contributed by atoms with van der Waals surface area (Å²) in [5, 5.41) is -1.24. The van der Waals surface area contributed by atoms with Crippen molar-refractivity contribution in [1.82, 2.24) is 0 Å². The molecule has 2 fully saturated rings. The van der Waals surface area contributed by atoms with Gasteiger partial charge in [0, 0.05) is 5.92 Å². The van der Waals surface area contributed by atoms with Crippen LogP contribution in [-0.4, -0.2) is 37.3 Å². The fourth-order valence-electron chi connectivity index (χ4n) is 2.93. The quantitative estimate of drug-likeness (QED) is 0.316. The van der Waals surface area contributed by atoms with E-state index in [1.165, 1.54) is 0 Å². The second-order valence-electron chi connectivity index (χ2n) is 6.98. The molecule has 0 aromatic rings. The molecule has 1 heterocycles. The number of carbonyl (C=O) groups is 2. The Morgan fingerprint density at radius 1 is 1.48 bits per heavy atom. The summed E-state index contributed by atoms with van der Waals surface area (Å²) < 4.78 is 9.68. The first-order valence-corrected chi connectivity index (χ1v) is 8.16. The van der Waals surface area contributed by atoms with Crippen molar-refractivity contribution in [3.8, 4) is 0 Å². The van der Waals surface area contributed by atoms with E-state index in [-0.39, 0.29) is 17.8 Å².